The van der Waals surface area contributed by atoms with Gasteiger partial charge in [0.2, 0.25) is 0 Å². The number of para-hydroxylation sites is 2. The van der Waals surface area contributed by atoms with Crippen LogP contribution in [0.3, 0.4) is 0 Å². The van der Waals surface area contributed by atoms with Gasteiger partial charge < -0.3 is 14.8 Å². The first-order valence-electron chi connectivity index (χ1n) is 6.64. The fraction of sp³-hybridized carbons (Fsp3) is 0.125. The molecule has 0 saturated heterocycles. The molecule has 2 aromatic carbocycles. The van der Waals surface area contributed by atoms with Crippen molar-refractivity contribution in [1.29, 1.82) is 0 Å². The third-order valence-electron chi connectivity index (χ3n) is 3.16. The molecular formula is C16H14N2O3. The molecule has 0 aliphatic heterocycles. The fourth-order valence-corrected chi connectivity index (χ4v) is 2.12. The molecule has 0 aliphatic rings. The van der Waals surface area contributed by atoms with Crippen LogP contribution in [0.4, 0.5) is 6.01 Å². The predicted molar refractivity (Wildman–Crippen MR) is 79.6 cm³/mol. The Hall–Kier alpha value is -2.82. The molecule has 2 N–H and O–H groups in total. The molecule has 0 aliphatic carbocycles. The second-order valence-electron chi connectivity index (χ2n) is 4.67. The molecule has 1 aromatic heterocycles. The first-order valence-corrected chi connectivity index (χ1v) is 6.64. The Morgan fingerprint density at radius 3 is 2.86 bits per heavy atom. The lowest BCUT2D eigenvalue weighted by Gasteiger charge is -2.03. The van der Waals surface area contributed by atoms with E-state index in [1.54, 1.807) is 18.2 Å². The van der Waals surface area contributed by atoms with Crippen molar-refractivity contribution < 1.29 is 14.3 Å². The fourth-order valence-electron chi connectivity index (χ4n) is 2.12. The van der Waals surface area contributed by atoms with Gasteiger partial charge in [0, 0.05) is 6.54 Å². The summed E-state index contributed by atoms with van der Waals surface area (Å²) in [5.41, 5.74) is 2.81. The van der Waals surface area contributed by atoms with E-state index in [4.69, 9.17) is 9.52 Å². The molecule has 5 heteroatoms. The van der Waals surface area contributed by atoms with Gasteiger partial charge in [0.05, 0.1) is 5.56 Å². The van der Waals surface area contributed by atoms with E-state index in [-0.39, 0.29) is 0 Å². The molecule has 21 heavy (non-hydrogen) atoms. The number of hydrogen-bond acceptors (Lipinski definition) is 4. The summed E-state index contributed by atoms with van der Waals surface area (Å²) >= 11 is 0. The minimum Gasteiger partial charge on any atom is -0.478 e. The maximum absolute atomic E-state index is 10.9. The number of hydrogen-bond donors (Lipinski definition) is 2. The van der Waals surface area contributed by atoms with E-state index in [2.05, 4.69) is 10.3 Å². The van der Waals surface area contributed by atoms with Gasteiger partial charge in [0.1, 0.15) is 5.52 Å². The van der Waals surface area contributed by atoms with Crippen molar-refractivity contribution in [3.8, 4) is 0 Å². The highest BCUT2D eigenvalue weighted by atomic mass is 16.4. The number of fused-ring (bicyclic) bond motifs is 1. The summed E-state index contributed by atoms with van der Waals surface area (Å²) in [5.74, 6) is -0.913. The monoisotopic (exact) mass is 282 g/mol. The van der Waals surface area contributed by atoms with E-state index in [0.717, 1.165) is 16.7 Å². The van der Waals surface area contributed by atoms with Crippen LogP contribution in [-0.4, -0.2) is 22.6 Å². The van der Waals surface area contributed by atoms with Crippen LogP contribution in [0.1, 0.15) is 15.9 Å². The van der Waals surface area contributed by atoms with E-state index >= 15 is 0 Å². The van der Waals surface area contributed by atoms with Crippen molar-refractivity contribution in [1.82, 2.24) is 4.98 Å². The third kappa shape index (κ3) is 3.02. The van der Waals surface area contributed by atoms with Gasteiger partial charge in [-0.3, -0.25) is 0 Å². The Labute approximate surface area is 121 Å². The maximum Gasteiger partial charge on any atom is 0.335 e. The summed E-state index contributed by atoms with van der Waals surface area (Å²) in [5, 5.41) is 12.1. The number of rotatable bonds is 5. The number of nitrogens with one attached hydrogen (secondary N) is 1. The van der Waals surface area contributed by atoms with Crippen molar-refractivity contribution in [2.75, 3.05) is 11.9 Å². The summed E-state index contributed by atoms with van der Waals surface area (Å²) in [4.78, 5) is 15.2. The molecule has 0 radical (unpaired) electrons. The van der Waals surface area contributed by atoms with E-state index in [1.165, 1.54) is 0 Å². The topological polar surface area (TPSA) is 75.4 Å². The molecule has 0 unspecified atom stereocenters. The second-order valence-corrected chi connectivity index (χ2v) is 4.67. The van der Waals surface area contributed by atoms with Crippen LogP contribution in [-0.2, 0) is 6.42 Å². The van der Waals surface area contributed by atoms with Crippen LogP contribution in [0, 0.1) is 0 Å². The maximum atomic E-state index is 10.9. The zero-order valence-electron chi connectivity index (χ0n) is 11.2. The number of benzene rings is 2. The highest BCUT2D eigenvalue weighted by molar-refractivity contribution is 5.87. The highest BCUT2D eigenvalue weighted by Gasteiger charge is 2.05. The number of aromatic carboxylic acids is 1. The predicted octanol–water partition coefficient (Wildman–Crippen LogP) is 3.18. The zero-order valence-corrected chi connectivity index (χ0v) is 11.2. The van der Waals surface area contributed by atoms with Gasteiger partial charge in [-0.15, -0.1) is 0 Å². The number of carbonyl (C=O) groups is 1. The Morgan fingerprint density at radius 2 is 2.05 bits per heavy atom. The van der Waals surface area contributed by atoms with Crippen molar-refractivity contribution in [3.63, 3.8) is 0 Å². The number of anilines is 1. The van der Waals surface area contributed by atoms with Gasteiger partial charge in [0.15, 0.2) is 5.58 Å². The Bertz CT molecular complexity index is 747. The molecule has 0 fully saturated rings. The Morgan fingerprint density at radius 1 is 1.19 bits per heavy atom. The van der Waals surface area contributed by atoms with E-state index < -0.39 is 5.97 Å². The van der Waals surface area contributed by atoms with Crippen LogP contribution in [0.5, 0.6) is 0 Å². The van der Waals surface area contributed by atoms with Crippen molar-refractivity contribution in [2.45, 2.75) is 6.42 Å². The van der Waals surface area contributed by atoms with E-state index in [1.807, 2.05) is 30.3 Å². The van der Waals surface area contributed by atoms with E-state index in [0.29, 0.717) is 24.5 Å². The van der Waals surface area contributed by atoms with Crippen LogP contribution in [0.15, 0.2) is 52.9 Å². The molecule has 0 bridgehead atoms. The van der Waals surface area contributed by atoms with Crippen LogP contribution in [0.2, 0.25) is 0 Å². The Kier molecular flexibility index (Phi) is 3.55. The number of carboxylic acids is 1. The molecule has 0 amide bonds. The summed E-state index contributed by atoms with van der Waals surface area (Å²) in [6.45, 7) is 0.621. The average Bonchev–Trinajstić information content (AvgIpc) is 2.90. The molecule has 5 nitrogen and oxygen atoms in total. The van der Waals surface area contributed by atoms with Gasteiger partial charge in [0.25, 0.3) is 6.01 Å². The van der Waals surface area contributed by atoms with Gasteiger partial charge >= 0.3 is 5.97 Å². The third-order valence-corrected chi connectivity index (χ3v) is 3.16. The van der Waals surface area contributed by atoms with Gasteiger partial charge in [-0.1, -0.05) is 24.3 Å². The largest absolute Gasteiger partial charge is 0.478 e. The molecule has 0 atom stereocenters. The average molecular weight is 282 g/mol. The quantitative estimate of drug-likeness (QED) is 0.751. The lowest BCUT2D eigenvalue weighted by molar-refractivity contribution is 0.0696. The van der Waals surface area contributed by atoms with Crippen molar-refractivity contribution in [3.05, 3.63) is 59.7 Å². The van der Waals surface area contributed by atoms with E-state index in [9.17, 15) is 4.79 Å². The summed E-state index contributed by atoms with van der Waals surface area (Å²) in [6.07, 6.45) is 0.694. The SMILES string of the molecule is O=C(O)c1cccc(CCNc2nc3ccccc3o2)c1. The molecule has 0 spiro atoms. The zero-order chi connectivity index (χ0) is 14.7. The number of aromatic nitrogens is 1. The molecule has 0 saturated carbocycles. The molecule has 3 aromatic rings. The lowest BCUT2D eigenvalue weighted by Crippen LogP contribution is -2.06. The van der Waals surface area contributed by atoms with Crippen molar-refractivity contribution >= 4 is 23.1 Å². The number of oxazole rings is 1. The van der Waals surface area contributed by atoms with Gasteiger partial charge in [-0.05, 0) is 36.2 Å². The van der Waals surface area contributed by atoms with Crippen LogP contribution in [0.25, 0.3) is 11.1 Å². The van der Waals surface area contributed by atoms with Crippen LogP contribution >= 0.6 is 0 Å². The van der Waals surface area contributed by atoms with Gasteiger partial charge in [-0.2, -0.15) is 4.98 Å². The van der Waals surface area contributed by atoms with Gasteiger partial charge in [-0.25, -0.2) is 4.79 Å². The Balaban J connectivity index is 1.63. The van der Waals surface area contributed by atoms with Crippen molar-refractivity contribution in [2.24, 2.45) is 0 Å². The standard InChI is InChI=1S/C16H14N2O3/c19-15(20)12-5-3-4-11(10-12)8-9-17-16-18-13-6-1-2-7-14(13)21-16/h1-7,10H,8-9H2,(H,17,18)(H,19,20). The second kappa shape index (κ2) is 5.66. The summed E-state index contributed by atoms with van der Waals surface area (Å²) < 4.78 is 5.55. The first-order chi connectivity index (χ1) is 10.2. The number of carboxylic acid groups (broad SMARTS) is 1. The minimum atomic E-state index is -0.913. The molecule has 3 rings (SSSR count). The lowest BCUT2D eigenvalue weighted by atomic mass is 10.1. The molecule has 106 valence electrons. The first kappa shape index (κ1) is 13.2. The number of nitrogens with zero attached hydrogens (tertiary/aromatic N) is 1. The summed E-state index contributed by atoms with van der Waals surface area (Å²) in [6, 6.07) is 14.9. The summed E-state index contributed by atoms with van der Waals surface area (Å²) in [7, 11) is 0. The van der Waals surface area contributed by atoms with Crippen LogP contribution < -0.4 is 5.32 Å². The smallest absolute Gasteiger partial charge is 0.335 e. The normalized spacial score (nSPS) is 10.7. The minimum absolute atomic E-state index is 0.300. The molecular weight excluding hydrogens is 268 g/mol. The highest BCUT2D eigenvalue weighted by Crippen LogP contribution is 2.18. The molecule has 1 heterocycles.